The molecule has 0 bridgehead atoms. The summed E-state index contributed by atoms with van der Waals surface area (Å²) in [6.45, 7) is 4.03. The van der Waals surface area contributed by atoms with Crippen LogP contribution in [-0.4, -0.2) is 18.7 Å². The van der Waals surface area contributed by atoms with Gasteiger partial charge in [-0.2, -0.15) is 5.26 Å². The third-order valence-electron chi connectivity index (χ3n) is 4.69. The average molecular weight is 418 g/mol. The summed E-state index contributed by atoms with van der Waals surface area (Å²) in [5.41, 5.74) is 1.41. The van der Waals surface area contributed by atoms with Crippen LogP contribution in [-0.2, 0) is 13.1 Å². The Morgan fingerprint density at radius 2 is 1.97 bits per heavy atom. The lowest BCUT2D eigenvalue weighted by molar-refractivity contribution is 0.690. The van der Waals surface area contributed by atoms with Gasteiger partial charge in [0.25, 0.3) is 5.56 Å². The smallest absolute Gasteiger partial charge is 0.320 e. The predicted molar refractivity (Wildman–Crippen MR) is 115 cm³/mol. The van der Waals surface area contributed by atoms with Gasteiger partial charge in [-0.05, 0) is 35.9 Å². The van der Waals surface area contributed by atoms with Crippen molar-refractivity contribution in [3.63, 3.8) is 0 Å². The lowest BCUT2D eigenvalue weighted by atomic mass is 10.1. The maximum Gasteiger partial charge on any atom is 0.337 e. The van der Waals surface area contributed by atoms with Crippen LogP contribution in [0.2, 0.25) is 5.02 Å². The summed E-state index contributed by atoms with van der Waals surface area (Å²) in [6, 6.07) is 16.0. The van der Waals surface area contributed by atoms with Gasteiger partial charge in [-0.25, -0.2) is 14.3 Å². The van der Waals surface area contributed by atoms with Crippen LogP contribution in [0.15, 0.2) is 77.1 Å². The summed E-state index contributed by atoms with van der Waals surface area (Å²) in [4.78, 5) is 30.6. The molecule has 0 atom stereocenters. The fourth-order valence-electron chi connectivity index (χ4n) is 3.37. The third kappa shape index (κ3) is 3.34. The molecular formula is C22H16ClN5O2. The second-order valence-corrected chi connectivity index (χ2v) is 7.10. The molecule has 0 amide bonds. The molecule has 0 N–H and O–H groups in total. The molecular weight excluding hydrogens is 402 g/mol. The van der Waals surface area contributed by atoms with Crippen molar-refractivity contribution in [3.05, 3.63) is 105 Å². The molecule has 0 aliphatic rings. The topological polar surface area (TPSA) is 85.6 Å². The largest absolute Gasteiger partial charge is 0.337 e. The quantitative estimate of drug-likeness (QED) is 0.467. The molecule has 0 spiro atoms. The molecule has 0 fully saturated rings. The number of hydrogen-bond donors (Lipinski definition) is 0. The van der Waals surface area contributed by atoms with E-state index in [9.17, 15) is 9.59 Å². The molecule has 0 aliphatic carbocycles. The van der Waals surface area contributed by atoms with Crippen molar-refractivity contribution in [2.75, 3.05) is 0 Å². The van der Waals surface area contributed by atoms with Gasteiger partial charge in [0.2, 0.25) is 0 Å². The number of aromatic nitrogens is 4. The fraction of sp³-hybridized carbons (Fsp3) is 0.0909. The highest BCUT2D eigenvalue weighted by Gasteiger charge is 2.19. The molecule has 0 aliphatic heterocycles. The number of hydrogen-bond acceptors (Lipinski definition) is 4. The van der Waals surface area contributed by atoms with E-state index in [1.807, 2.05) is 6.07 Å². The molecule has 4 aromatic rings. The number of imidazole rings is 1. The Balaban J connectivity index is 1.99. The van der Waals surface area contributed by atoms with Crippen molar-refractivity contribution in [2.24, 2.45) is 0 Å². The zero-order valence-corrected chi connectivity index (χ0v) is 16.6. The van der Waals surface area contributed by atoms with E-state index in [4.69, 9.17) is 16.9 Å². The fourth-order valence-corrected chi connectivity index (χ4v) is 3.56. The van der Waals surface area contributed by atoms with Crippen molar-refractivity contribution in [1.29, 1.82) is 5.26 Å². The predicted octanol–water partition coefficient (Wildman–Crippen LogP) is 3.11. The number of nitriles is 1. The molecule has 30 heavy (non-hydrogen) atoms. The molecule has 0 saturated carbocycles. The Hall–Kier alpha value is -3.89. The Kier molecular flexibility index (Phi) is 5.09. The summed E-state index contributed by atoms with van der Waals surface area (Å²) in [5, 5.41) is 9.59. The van der Waals surface area contributed by atoms with Crippen molar-refractivity contribution >= 4 is 22.8 Å². The van der Waals surface area contributed by atoms with E-state index in [2.05, 4.69) is 17.6 Å². The zero-order chi connectivity index (χ0) is 21.3. The Morgan fingerprint density at radius 1 is 1.17 bits per heavy atom. The molecule has 4 rings (SSSR count). The van der Waals surface area contributed by atoms with Gasteiger partial charge in [0, 0.05) is 18.1 Å². The van der Waals surface area contributed by atoms with Crippen molar-refractivity contribution in [3.8, 4) is 11.8 Å². The molecule has 148 valence electrons. The molecule has 7 nitrogen and oxygen atoms in total. The van der Waals surface area contributed by atoms with Gasteiger partial charge in [-0.1, -0.05) is 35.9 Å². The van der Waals surface area contributed by atoms with E-state index in [1.54, 1.807) is 47.0 Å². The number of nitrogens with zero attached hydrogens (tertiary/aromatic N) is 5. The number of rotatable bonds is 5. The van der Waals surface area contributed by atoms with Crippen molar-refractivity contribution in [2.45, 2.75) is 13.1 Å². The van der Waals surface area contributed by atoms with Crippen molar-refractivity contribution in [1.82, 2.24) is 18.7 Å². The van der Waals surface area contributed by atoms with Gasteiger partial charge in [-0.15, -0.1) is 6.58 Å². The highest BCUT2D eigenvalue weighted by atomic mass is 35.5. The van der Waals surface area contributed by atoms with Crippen LogP contribution >= 0.6 is 11.6 Å². The van der Waals surface area contributed by atoms with E-state index >= 15 is 0 Å². The van der Waals surface area contributed by atoms with Crippen LogP contribution < -0.4 is 11.2 Å². The lowest BCUT2D eigenvalue weighted by Gasteiger charge is -2.12. The van der Waals surface area contributed by atoms with Gasteiger partial charge in [0.15, 0.2) is 11.2 Å². The molecule has 0 unspecified atom stereocenters. The van der Waals surface area contributed by atoms with E-state index in [1.165, 1.54) is 17.0 Å². The monoisotopic (exact) mass is 417 g/mol. The molecule has 2 heterocycles. The van der Waals surface area contributed by atoms with E-state index in [0.717, 1.165) is 10.1 Å². The Bertz CT molecular complexity index is 1440. The van der Waals surface area contributed by atoms with E-state index < -0.39 is 11.2 Å². The first-order chi connectivity index (χ1) is 14.5. The summed E-state index contributed by atoms with van der Waals surface area (Å²) in [6.07, 6.45) is 3.01. The summed E-state index contributed by atoms with van der Waals surface area (Å²) in [7, 11) is 0. The number of halogens is 1. The zero-order valence-electron chi connectivity index (χ0n) is 15.8. The second-order valence-electron chi connectivity index (χ2n) is 6.66. The minimum Gasteiger partial charge on any atom is -0.320 e. The molecule has 2 aromatic heterocycles. The first-order valence-electron chi connectivity index (χ1n) is 9.10. The van der Waals surface area contributed by atoms with Crippen LogP contribution in [0, 0.1) is 11.3 Å². The second kappa shape index (κ2) is 7.85. The average Bonchev–Trinajstić information content (AvgIpc) is 3.14. The van der Waals surface area contributed by atoms with Gasteiger partial charge in [0.1, 0.15) is 0 Å². The van der Waals surface area contributed by atoms with Gasteiger partial charge in [0.05, 0.1) is 23.6 Å². The van der Waals surface area contributed by atoms with Crippen LogP contribution in [0.25, 0.3) is 16.9 Å². The number of allylic oxidation sites excluding steroid dienone is 1. The van der Waals surface area contributed by atoms with Crippen LogP contribution in [0.1, 0.15) is 11.1 Å². The maximum atomic E-state index is 13.1. The third-order valence-corrected chi connectivity index (χ3v) is 4.92. The maximum absolute atomic E-state index is 13.1. The lowest BCUT2D eigenvalue weighted by Crippen LogP contribution is -2.39. The SMILES string of the molecule is C=CCn1c(=O)c2c(ncn2Cc2cccc(C#N)c2)n(-c2cccc(Cl)c2)c1=O. The van der Waals surface area contributed by atoms with Gasteiger partial charge in [-0.3, -0.25) is 9.36 Å². The highest BCUT2D eigenvalue weighted by molar-refractivity contribution is 6.30. The highest BCUT2D eigenvalue weighted by Crippen LogP contribution is 2.18. The Morgan fingerprint density at radius 3 is 2.70 bits per heavy atom. The normalized spacial score (nSPS) is 10.8. The van der Waals surface area contributed by atoms with E-state index in [-0.39, 0.29) is 17.7 Å². The summed E-state index contributed by atoms with van der Waals surface area (Å²) < 4.78 is 4.16. The number of fused-ring (bicyclic) bond motifs is 1. The first-order valence-corrected chi connectivity index (χ1v) is 9.48. The molecule has 0 saturated heterocycles. The van der Waals surface area contributed by atoms with Crippen LogP contribution in [0.5, 0.6) is 0 Å². The van der Waals surface area contributed by atoms with Crippen LogP contribution in [0.3, 0.4) is 0 Å². The molecule has 0 radical (unpaired) electrons. The first kappa shape index (κ1) is 19.4. The standard InChI is InChI=1S/C22H16ClN5O2/c1-2-9-27-21(29)19-20(28(22(27)30)18-8-4-7-17(23)11-18)25-14-26(19)13-16-6-3-5-15(10-16)12-24/h2-8,10-11,14H,1,9,13H2. The van der Waals surface area contributed by atoms with Gasteiger partial charge >= 0.3 is 5.69 Å². The van der Waals surface area contributed by atoms with E-state index in [0.29, 0.717) is 22.8 Å². The summed E-state index contributed by atoms with van der Waals surface area (Å²) >= 11 is 6.12. The minimum absolute atomic E-state index is 0.0588. The minimum atomic E-state index is -0.522. The van der Waals surface area contributed by atoms with Crippen LogP contribution in [0.4, 0.5) is 0 Å². The van der Waals surface area contributed by atoms with Crippen molar-refractivity contribution < 1.29 is 0 Å². The summed E-state index contributed by atoms with van der Waals surface area (Å²) in [5.74, 6) is 0. The molecule has 8 heteroatoms. The van der Waals surface area contributed by atoms with Gasteiger partial charge < -0.3 is 4.57 Å². The Labute approximate surface area is 176 Å². The number of benzene rings is 2. The molecule has 2 aromatic carbocycles.